The Morgan fingerprint density at radius 3 is 1.64 bits per heavy atom. The number of halogens is 4. The van der Waals surface area contributed by atoms with Crippen LogP contribution in [0.4, 0.5) is 17.6 Å². The Balaban J connectivity index is 0. The maximum Gasteiger partial charge on any atom is 0.374 e. The average molecular weight is 220 g/mol. The molecular formula is C6H8F4O4. The van der Waals surface area contributed by atoms with Crippen molar-refractivity contribution in [2.45, 2.75) is 19.3 Å². The third-order valence-corrected chi connectivity index (χ3v) is 0.755. The summed E-state index contributed by atoms with van der Waals surface area (Å²) in [5, 5.41) is 7.50. The van der Waals surface area contributed by atoms with E-state index < -0.39 is 24.3 Å². The molecule has 0 saturated carbocycles. The molecule has 0 heterocycles. The summed E-state index contributed by atoms with van der Waals surface area (Å²) in [5.41, 5.74) is 0. The van der Waals surface area contributed by atoms with Crippen LogP contribution < -0.4 is 0 Å². The largest absolute Gasteiger partial charge is 0.477 e. The third-order valence-electron chi connectivity index (χ3n) is 0.755. The molecule has 0 fully saturated rings. The quantitative estimate of drug-likeness (QED) is 0.560. The molecule has 1 N–H and O–H groups in total. The van der Waals surface area contributed by atoms with Gasteiger partial charge in [0.05, 0.1) is 7.11 Å². The van der Waals surface area contributed by atoms with Crippen LogP contribution in [0.3, 0.4) is 0 Å². The van der Waals surface area contributed by atoms with Gasteiger partial charge >= 0.3 is 24.3 Å². The van der Waals surface area contributed by atoms with E-state index in [-0.39, 0.29) is 0 Å². The highest BCUT2D eigenvalue weighted by Crippen LogP contribution is 2.09. The number of carboxylic acid groups (broad SMARTS) is 1. The van der Waals surface area contributed by atoms with E-state index >= 15 is 0 Å². The van der Waals surface area contributed by atoms with Crippen LogP contribution in [0.1, 0.15) is 6.92 Å². The van der Waals surface area contributed by atoms with E-state index in [9.17, 15) is 27.2 Å². The van der Waals surface area contributed by atoms with E-state index in [1.165, 1.54) is 0 Å². The fraction of sp³-hybridized carbons (Fsp3) is 0.667. The second-order valence-corrected chi connectivity index (χ2v) is 2.02. The highest BCUT2D eigenvalue weighted by Gasteiger charge is 2.31. The zero-order valence-corrected chi connectivity index (χ0v) is 7.26. The molecule has 0 spiro atoms. The highest BCUT2D eigenvalue weighted by atomic mass is 19.3. The van der Waals surface area contributed by atoms with Crippen molar-refractivity contribution in [1.82, 2.24) is 0 Å². The molecule has 0 atom stereocenters. The summed E-state index contributed by atoms with van der Waals surface area (Å²) in [7, 11) is 0.911. The van der Waals surface area contributed by atoms with Crippen LogP contribution in [0, 0.1) is 0 Å². The Labute approximate surface area is 76.5 Å². The second-order valence-electron chi connectivity index (χ2n) is 2.02. The Morgan fingerprint density at radius 1 is 1.36 bits per heavy atom. The van der Waals surface area contributed by atoms with E-state index in [1.54, 1.807) is 0 Å². The third kappa shape index (κ3) is 8.75. The minimum absolute atomic E-state index is 0.329. The lowest BCUT2D eigenvalue weighted by atomic mass is 10.4. The summed E-state index contributed by atoms with van der Waals surface area (Å²) in [5.74, 6) is -7.16. The predicted octanol–water partition coefficient (Wildman–Crippen LogP) is 1.15. The van der Waals surface area contributed by atoms with Crippen LogP contribution in [0.2, 0.25) is 0 Å². The number of hydrogen-bond acceptors (Lipinski definition) is 3. The van der Waals surface area contributed by atoms with Gasteiger partial charge in [0.2, 0.25) is 0 Å². The van der Waals surface area contributed by atoms with Crippen LogP contribution in [0.15, 0.2) is 0 Å². The topological polar surface area (TPSA) is 63.6 Å². The predicted molar refractivity (Wildman–Crippen MR) is 36.3 cm³/mol. The standard InChI is InChI=1S/2C3H4F2O2/c1-7-3(6)2(4)5;1-3(4,5)2(6)7/h2H,1H3;1H3,(H,6,7). The molecule has 0 radical (unpaired) electrons. The molecule has 0 amide bonds. The molecule has 0 aromatic heterocycles. The van der Waals surface area contributed by atoms with Gasteiger partial charge in [0.15, 0.2) is 0 Å². The van der Waals surface area contributed by atoms with Gasteiger partial charge < -0.3 is 9.84 Å². The van der Waals surface area contributed by atoms with Gasteiger partial charge in [0.25, 0.3) is 0 Å². The zero-order chi connectivity index (χ0) is 11.9. The van der Waals surface area contributed by atoms with Crippen LogP contribution in [-0.4, -0.2) is 36.5 Å². The van der Waals surface area contributed by atoms with Gasteiger partial charge in [-0.1, -0.05) is 0 Å². The second kappa shape index (κ2) is 6.17. The van der Waals surface area contributed by atoms with Crippen LogP contribution in [-0.2, 0) is 14.3 Å². The van der Waals surface area contributed by atoms with Gasteiger partial charge in [-0.2, -0.15) is 17.6 Å². The van der Waals surface area contributed by atoms with Crippen molar-refractivity contribution in [3.8, 4) is 0 Å². The van der Waals surface area contributed by atoms with Crippen molar-refractivity contribution in [1.29, 1.82) is 0 Å². The molecule has 8 heteroatoms. The Bertz CT molecular complexity index is 196. The lowest BCUT2D eigenvalue weighted by Crippen LogP contribution is -2.22. The van der Waals surface area contributed by atoms with Crippen molar-refractivity contribution in [3.05, 3.63) is 0 Å². The highest BCUT2D eigenvalue weighted by molar-refractivity contribution is 5.74. The minimum atomic E-state index is -3.58. The number of carboxylic acids is 1. The van der Waals surface area contributed by atoms with E-state index in [0.29, 0.717) is 6.92 Å². The monoisotopic (exact) mass is 220 g/mol. The number of rotatable bonds is 2. The first-order chi connectivity index (χ1) is 6.12. The number of aliphatic carboxylic acids is 1. The number of carbonyl (C=O) groups is 2. The maximum absolute atomic E-state index is 11.2. The number of carbonyl (C=O) groups excluding carboxylic acids is 1. The van der Waals surface area contributed by atoms with Crippen molar-refractivity contribution in [2.24, 2.45) is 0 Å². The maximum atomic E-state index is 11.2. The summed E-state index contributed by atoms with van der Waals surface area (Å²) in [6, 6.07) is 0. The van der Waals surface area contributed by atoms with Gasteiger partial charge in [-0.05, 0) is 0 Å². The zero-order valence-electron chi connectivity index (χ0n) is 7.26. The number of esters is 1. The Kier molecular flexibility index (Phi) is 6.67. The van der Waals surface area contributed by atoms with Gasteiger partial charge in [-0.25, -0.2) is 9.59 Å². The first-order valence-corrected chi connectivity index (χ1v) is 3.10. The molecule has 0 bridgehead atoms. The summed E-state index contributed by atoms with van der Waals surface area (Å²) < 4.78 is 48.0. The normalized spacial score (nSPS) is 10.2. The van der Waals surface area contributed by atoms with E-state index in [1.807, 2.05) is 0 Å². The van der Waals surface area contributed by atoms with Crippen LogP contribution in [0.5, 0.6) is 0 Å². The number of alkyl halides is 4. The van der Waals surface area contributed by atoms with E-state index in [2.05, 4.69) is 4.74 Å². The Morgan fingerprint density at radius 2 is 1.64 bits per heavy atom. The number of methoxy groups -OCH3 is 1. The van der Waals surface area contributed by atoms with Crippen molar-refractivity contribution in [2.75, 3.05) is 7.11 Å². The fourth-order valence-corrected chi connectivity index (χ4v) is 0.0891. The van der Waals surface area contributed by atoms with Gasteiger partial charge in [-0.15, -0.1) is 0 Å². The van der Waals surface area contributed by atoms with E-state index in [4.69, 9.17) is 5.11 Å². The molecule has 84 valence electrons. The minimum Gasteiger partial charge on any atom is -0.477 e. The molecule has 0 aliphatic carbocycles. The summed E-state index contributed by atoms with van der Waals surface area (Å²) >= 11 is 0. The first-order valence-electron chi connectivity index (χ1n) is 3.10. The first kappa shape index (κ1) is 15.1. The summed E-state index contributed by atoms with van der Waals surface area (Å²) in [6.45, 7) is 0.329. The van der Waals surface area contributed by atoms with Crippen LogP contribution in [0.25, 0.3) is 0 Å². The number of ether oxygens (including phenoxy) is 1. The molecule has 0 aliphatic heterocycles. The molecule has 0 aromatic rings. The molecule has 14 heavy (non-hydrogen) atoms. The fourth-order valence-electron chi connectivity index (χ4n) is 0.0891. The summed E-state index contributed by atoms with van der Waals surface area (Å²) in [6.07, 6.45) is -3.00. The van der Waals surface area contributed by atoms with Gasteiger partial charge in [0.1, 0.15) is 0 Å². The average Bonchev–Trinajstić information content (AvgIpc) is 2.02. The molecule has 4 nitrogen and oxygen atoms in total. The smallest absolute Gasteiger partial charge is 0.374 e. The van der Waals surface area contributed by atoms with Crippen LogP contribution >= 0.6 is 0 Å². The number of hydrogen-bond donors (Lipinski definition) is 1. The molecule has 0 aliphatic rings. The van der Waals surface area contributed by atoms with Gasteiger partial charge in [-0.3, -0.25) is 0 Å². The molecule has 0 unspecified atom stereocenters. The van der Waals surface area contributed by atoms with Crippen molar-refractivity contribution in [3.63, 3.8) is 0 Å². The molecule has 0 saturated heterocycles. The molecule has 0 aromatic carbocycles. The molecule has 0 rings (SSSR count). The Hall–Kier alpha value is -1.34. The van der Waals surface area contributed by atoms with Crippen molar-refractivity contribution >= 4 is 11.9 Å². The lowest BCUT2D eigenvalue weighted by molar-refractivity contribution is -0.162. The summed E-state index contributed by atoms with van der Waals surface area (Å²) in [4.78, 5) is 18.8. The van der Waals surface area contributed by atoms with Crippen molar-refractivity contribution < 1.29 is 37.0 Å². The van der Waals surface area contributed by atoms with E-state index in [0.717, 1.165) is 7.11 Å². The lowest BCUT2D eigenvalue weighted by Gasteiger charge is -1.98. The van der Waals surface area contributed by atoms with Gasteiger partial charge in [0, 0.05) is 6.92 Å². The molecular weight excluding hydrogens is 212 g/mol. The SMILES string of the molecule is CC(F)(F)C(=O)O.COC(=O)C(F)F.